The van der Waals surface area contributed by atoms with Gasteiger partial charge in [-0.05, 0) is 29.8 Å². The van der Waals surface area contributed by atoms with E-state index in [1.54, 1.807) is 12.5 Å². The summed E-state index contributed by atoms with van der Waals surface area (Å²) >= 11 is 0. The molecule has 0 bridgehead atoms. The van der Waals surface area contributed by atoms with Crippen LogP contribution in [0.1, 0.15) is 18.0 Å². The number of benzene rings is 2. The van der Waals surface area contributed by atoms with Gasteiger partial charge in [-0.15, -0.1) is 0 Å². The molecule has 1 saturated heterocycles. The van der Waals surface area contributed by atoms with Crippen LogP contribution in [-0.2, 0) is 0 Å². The summed E-state index contributed by atoms with van der Waals surface area (Å²) in [6.07, 6.45) is 6.05. The normalized spacial score (nSPS) is 19.9. The van der Waals surface area contributed by atoms with Crippen LogP contribution in [0.15, 0.2) is 61.2 Å². The zero-order valence-electron chi connectivity index (χ0n) is 13.4. The molecule has 0 amide bonds. The number of hydrazine groups is 1. The summed E-state index contributed by atoms with van der Waals surface area (Å²) in [6.45, 7) is 0. The molecule has 0 spiro atoms. The van der Waals surface area contributed by atoms with E-state index in [1.165, 1.54) is 12.1 Å². The maximum absolute atomic E-state index is 13.8. The Morgan fingerprint density at radius 3 is 2.72 bits per heavy atom. The van der Waals surface area contributed by atoms with Crippen molar-refractivity contribution in [2.24, 2.45) is 0 Å². The van der Waals surface area contributed by atoms with Crippen LogP contribution in [0.4, 0.5) is 10.1 Å². The average Bonchev–Trinajstić information content (AvgIpc) is 3.30. The number of imidazole rings is 1. The maximum atomic E-state index is 13.8. The fraction of sp³-hybridized carbons (Fsp3) is 0.167. The van der Waals surface area contributed by atoms with Crippen molar-refractivity contribution in [3.05, 3.63) is 72.6 Å². The van der Waals surface area contributed by atoms with Crippen molar-refractivity contribution in [1.82, 2.24) is 20.4 Å². The highest BCUT2D eigenvalue weighted by atomic mass is 19.1. The summed E-state index contributed by atoms with van der Waals surface area (Å²) in [5.74, 6) is -0.564. The van der Waals surface area contributed by atoms with Gasteiger partial charge in [0.1, 0.15) is 11.6 Å². The summed E-state index contributed by atoms with van der Waals surface area (Å²) in [5, 5.41) is 12.4. The van der Waals surface area contributed by atoms with Crippen LogP contribution in [0.2, 0.25) is 0 Å². The molecule has 1 aromatic heterocycles. The van der Waals surface area contributed by atoms with Gasteiger partial charge in [0.15, 0.2) is 0 Å². The first-order valence-corrected chi connectivity index (χ1v) is 8.03. The van der Waals surface area contributed by atoms with E-state index in [4.69, 9.17) is 0 Å². The highest BCUT2D eigenvalue weighted by Gasteiger charge is 2.25. The first-order valence-electron chi connectivity index (χ1n) is 8.03. The SMILES string of the molecule is Oc1ccc(NC2CC(c3ccc(-n4ccnc4)cc3)NN2)c(F)c1. The number of phenols is 1. The number of aromatic hydroxyl groups is 1. The highest BCUT2D eigenvalue weighted by molar-refractivity contribution is 5.48. The van der Waals surface area contributed by atoms with Gasteiger partial charge in [-0.1, -0.05) is 12.1 Å². The number of halogens is 1. The van der Waals surface area contributed by atoms with Crippen LogP contribution >= 0.6 is 0 Å². The summed E-state index contributed by atoms with van der Waals surface area (Å²) < 4.78 is 15.8. The van der Waals surface area contributed by atoms with Gasteiger partial charge in [-0.25, -0.2) is 20.2 Å². The van der Waals surface area contributed by atoms with E-state index in [0.29, 0.717) is 5.69 Å². The van der Waals surface area contributed by atoms with Gasteiger partial charge < -0.3 is 15.0 Å². The molecule has 3 aromatic rings. The van der Waals surface area contributed by atoms with Gasteiger partial charge in [0.05, 0.1) is 18.2 Å². The van der Waals surface area contributed by atoms with E-state index in [0.717, 1.165) is 23.7 Å². The number of aromatic nitrogens is 2. The van der Waals surface area contributed by atoms with Gasteiger partial charge in [0.2, 0.25) is 0 Å². The van der Waals surface area contributed by atoms with Crippen LogP contribution in [0.25, 0.3) is 5.69 Å². The Bertz CT molecular complexity index is 850. The third kappa shape index (κ3) is 3.33. The van der Waals surface area contributed by atoms with E-state index in [2.05, 4.69) is 33.3 Å². The smallest absolute Gasteiger partial charge is 0.150 e. The van der Waals surface area contributed by atoms with Gasteiger partial charge in [0.25, 0.3) is 0 Å². The Morgan fingerprint density at radius 1 is 1.16 bits per heavy atom. The van der Waals surface area contributed by atoms with E-state index in [9.17, 15) is 9.50 Å². The molecule has 2 aromatic carbocycles. The molecule has 4 rings (SSSR count). The predicted molar refractivity (Wildman–Crippen MR) is 92.7 cm³/mol. The third-order valence-corrected chi connectivity index (χ3v) is 4.28. The minimum absolute atomic E-state index is 0.0867. The Hall–Kier alpha value is -2.90. The Kier molecular flexibility index (Phi) is 4.09. The molecule has 2 heterocycles. The van der Waals surface area contributed by atoms with Crippen LogP contribution in [0, 0.1) is 5.82 Å². The molecule has 0 aliphatic carbocycles. The lowest BCUT2D eigenvalue weighted by atomic mass is 10.0. The number of nitrogens with zero attached hydrogens (tertiary/aromatic N) is 2. The van der Waals surface area contributed by atoms with Crippen LogP contribution in [0.5, 0.6) is 5.75 Å². The predicted octanol–water partition coefficient (Wildman–Crippen LogP) is 2.69. The van der Waals surface area contributed by atoms with Gasteiger partial charge in [0, 0.05) is 36.6 Å². The largest absolute Gasteiger partial charge is 0.508 e. The molecule has 128 valence electrons. The second-order valence-electron chi connectivity index (χ2n) is 6.00. The molecule has 1 aliphatic heterocycles. The average molecular weight is 339 g/mol. The molecule has 25 heavy (non-hydrogen) atoms. The van der Waals surface area contributed by atoms with Crippen molar-refractivity contribution in [3.63, 3.8) is 0 Å². The molecule has 1 fully saturated rings. The number of nitrogens with one attached hydrogen (secondary N) is 3. The molecular weight excluding hydrogens is 321 g/mol. The zero-order valence-corrected chi connectivity index (χ0v) is 13.4. The van der Waals surface area contributed by atoms with E-state index >= 15 is 0 Å². The fourth-order valence-corrected chi connectivity index (χ4v) is 2.97. The first kappa shape index (κ1) is 15.6. The standard InChI is InChI=1S/C18H18FN5O/c19-15-9-14(25)5-6-16(15)21-18-10-17(22-23-18)12-1-3-13(4-2-12)24-8-7-20-11-24/h1-9,11,17-18,21-23,25H,10H2. The Morgan fingerprint density at radius 2 is 2.00 bits per heavy atom. The maximum Gasteiger partial charge on any atom is 0.150 e. The van der Waals surface area contributed by atoms with Crippen LogP contribution < -0.4 is 16.2 Å². The van der Waals surface area contributed by atoms with E-state index in [-0.39, 0.29) is 18.0 Å². The molecule has 6 nitrogen and oxygen atoms in total. The third-order valence-electron chi connectivity index (χ3n) is 4.28. The summed E-state index contributed by atoms with van der Waals surface area (Å²) in [4.78, 5) is 4.05. The number of anilines is 1. The molecular formula is C18H18FN5O. The van der Waals surface area contributed by atoms with Crippen molar-refractivity contribution in [1.29, 1.82) is 0 Å². The monoisotopic (exact) mass is 339 g/mol. The number of rotatable bonds is 4. The van der Waals surface area contributed by atoms with Crippen molar-refractivity contribution in [2.75, 3.05) is 5.32 Å². The number of hydrogen-bond acceptors (Lipinski definition) is 5. The van der Waals surface area contributed by atoms with Crippen molar-refractivity contribution >= 4 is 5.69 Å². The minimum Gasteiger partial charge on any atom is -0.508 e. The summed E-state index contributed by atoms with van der Waals surface area (Å²) in [6, 6.07) is 12.4. The Labute approximate surface area is 144 Å². The van der Waals surface area contributed by atoms with Crippen molar-refractivity contribution in [3.8, 4) is 11.4 Å². The quantitative estimate of drug-likeness (QED) is 0.550. The van der Waals surface area contributed by atoms with Crippen LogP contribution in [-0.4, -0.2) is 20.8 Å². The lowest BCUT2D eigenvalue weighted by Gasteiger charge is -2.14. The molecule has 4 N–H and O–H groups in total. The second-order valence-corrected chi connectivity index (χ2v) is 6.00. The topological polar surface area (TPSA) is 74.1 Å². The number of hydrogen-bond donors (Lipinski definition) is 4. The fourth-order valence-electron chi connectivity index (χ4n) is 2.97. The summed E-state index contributed by atoms with van der Waals surface area (Å²) in [5.41, 5.74) is 8.91. The van der Waals surface area contributed by atoms with E-state index < -0.39 is 5.82 Å². The molecule has 2 unspecified atom stereocenters. The minimum atomic E-state index is -0.477. The first-order chi connectivity index (χ1) is 12.2. The molecule has 7 heteroatoms. The molecule has 0 radical (unpaired) electrons. The highest BCUT2D eigenvalue weighted by Crippen LogP contribution is 2.26. The number of phenolic OH excluding ortho intramolecular Hbond substituents is 1. The molecule has 0 saturated carbocycles. The summed E-state index contributed by atoms with van der Waals surface area (Å²) in [7, 11) is 0. The molecule has 1 aliphatic rings. The van der Waals surface area contributed by atoms with Gasteiger partial charge in [-0.3, -0.25) is 0 Å². The van der Waals surface area contributed by atoms with Crippen molar-refractivity contribution in [2.45, 2.75) is 18.6 Å². The van der Waals surface area contributed by atoms with Gasteiger partial charge >= 0.3 is 0 Å². The lowest BCUT2D eigenvalue weighted by Crippen LogP contribution is -2.36. The Balaban J connectivity index is 1.42. The van der Waals surface area contributed by atoms with Gasteiger partial charge in [-0.2, -0.15) is 0 Å². The molecule has 2 atom stereocenters. The van der Waals surface area contributed by atoms with Crippen molar-refractivity contribution < 1.29 is 9.50 Å². The van der Waals surface area contributed by atoms with Crippen LogP contribution in [0.3, 0.4) is 0 Å². The van der Waals surface area contributed by atoms with E-state index in [1.807, 2.05) is 22.9 Å². The lowest BCUT2D eigenvalue weighted by molar-refractivity contribution is 0.469. The zero-order chi connectivity index (χ0) is 17.2. The second kappa shape index (κ2) is 6.54.